The lowest BCUT2D eigenvalue weighted by atomic mass is 10.0. The molecular formula is C59H108O6. The van der Waals surface area contributed by atoms with Gasteiger partial charge in [0, 0.05) is 19.3 Å². The van der Waals surface area contributed by atoms with E-state index in [0.29, 0.717) is 19.3 Å². The molecule has 0 saturated carbocycles. The smallest absolute Gasteiger partial charge is 0.306 e. The van der Waals surface area contributed by atoms with Gasteiger partial charge in [0.05, 0.1) is 0 Å². The molecule has 0 aliphatic carbocycles. The van der Waals surface area contributed by atoms with Gasteiger partial charge >= 0.3 is 17.9 Å². The Hall–Kier alpha value is -2.37. The minimum atomic E-state index is -0.772. The van der Waals surface area contributed by atoms with Gasteiger partial charge < -0.3 is 14.2 Å². The second-order valence-electron chi connectivity index (χ2n) is 19.2. The number of ether oxygens (including phenoxy) is 3. The maximum atomic E-state index is 12.8. The van der Waals surface area contributed by atoms with E-state index in [1.54, 1.807) is 0 Å². The van der Waals surface area contributed by atoms with Crippen LogP contribution in [0.25, 0.3) is 0 Å². The monoisotopic (exact) mass is 913 g/mol. The number of unbranched alkanes of at least 4 members (excludes halogenated alkanes) is 35. The van der Waals surface area contributed by atoms with Crippen molar-refractivity contribution in [1.29, 1.82) is 0 Å². The minimum Gasteiger partial charge on any atom is -0.462 e. The molecule has 0 aliphatic heterocycles. The molecule has 0 radical (unpaired) electrons. The average Bonchev–Trinajstić information content (AvgIpc) is 3.30. The summed E-state index contributed by atoms with van der Waals surface area (Å²) in [6, 6.07) is 0. The molecule has 0 rings (SSSR count). The second kappa shape index (κ2) is 54.2. The Morgan fingerprint density at radius 3 is 0.892 bits per heavy atom. The van der Waals surface area contributed by atoms with Gasteiger partial charge in [0.15, 0.2) is 6.10 Å². The molecule has 1 atom stereocenters. The van der Waals surface area contributed by atoms with Crippen molar-refractivity contribution in [3.8, 4) is 0 Å². The topological polar surface area (TPSA) is 78.9 Å². The van der Waals surface area contributed by atoms with E-state index in [1.165, 1.54) is 186 Å². The van der Waals surface area contributed by atoms with Crippen LogP contribution in [0.2, 0.25) is 0 Å². The normalized spacial score (nSPS) is 12.2. The molecule has 0 amide bonds. The van der Waals surface area contributed by atoms with Crippen LogP contribution in [0.5, 0.6) is 0 Å². The lowest BCUT2D eigenvalue weighted by Gasteiger charge is -2.18. The van der Waals surface area contributed by atoms with Crippen LogP contribution in [0.1, 0.15) is 303 Å². The number of hydrogen-bond donors (Lipinski definition) is 0. The SMILES string of the molecule is CCCCC/C=C\C/C=C\C/C=C\CCCCCCCCC(=O)OCC(COC(=O)CCCCCCCCCCCC)OC(=O)CCCCCCCCCCCCCCCCCCCC. The predicted molar refractivity (Wildman–Crippen MR) is 279 cm³/mol. The molecule has 6 heteroatoms. The summed E-state index contributed by atoms with van der Waals surface area (Å²) < 4.78 is 16.8. The number of allylic oxidation sites excluding steroid dienone is 6. The van der Waals surface area contributed by atoms with Crippen molar-refractivity contribution in [3.05, 3.63) is 36.5 Å². The van der Waals surface area contributed by atoms with E-state index in [9.17, 15) is 14.4 Å². The molecule has 0 aromatic carbocycles. The molecule has 0 aromatic heterocycles. The first-order valence-corrected chi connectivity index (χ1v) is 28.5. The van der Waals surface area contributed by atoms with Crippen molar-refractivity contribution in [2.24, 2.45) is 0 Å². The molecule has 0 aromatic rings. The van der Waals surface area contributed by atoms with Crippen LogP contribution in [0.4, 0.5) is 0 Å². The number of carbonyl (C=O) groups excluding carboxylic acids is 3. The van der Waals surface area contributed by atoms with Crippen LogP contribution in [0, 0.1) is 0 Å². The maximum Gasteiger partial charge on any atom is 0.306 e. The van der Waals surface area contributed by atoms with Gasteiger partial charge in [0.2, 0.25) is 0 Å². The fourth-order valence-electron chi connectivity index (χ4n) is 8.33. The summed E-state index contributed by atoms with van der Waals surface area (Å²) in [5, 5.41) is 0. The van der Waals surface area contributed by atoms with Crippen LogP contribution >= 0.6 is 0 Å². The quantitative estimate of drug-likeness (QED) is 0.0262. The van der Waals surface area contributed by atoms with Gasteiger partial charge in [-0.2, -0.15) is 0 Å². The Bertz CT molecular complexity index is 1090. The zero-order chi connectivity index (χ0) is 47.2. The van der Waals surface area contributed by atoms with Crippen molar-refractivity contribution >= 4 is 17.9 Å². The summed E-state index contributed by atoms with van der Waals surface area (Å²) in [6.45, 7) is 6.63. The molecule has 0 aliphatic rings. The van der Waals surface area contributed by atoms with Crippen LogP contribution in [0.15, 0.2) is 36.5 Å². The summed E-state index contributed by atoms with van der Waals surface area (Å²) in [6.07, 6.45) is 64.2. The number of hydrogen-bond acceptors (Lipinski definition) is 6. The number of carbonyl (C=O) groups is 3. The highest BCUT2D eigenvalue weighted by Crippen LogP contribution is 2.17. The highest BCUT2D eigenvalue weighted by atomic mass is 16.6. The van der Waals surface area contributed by atoms with Crippen LogP contribution in [0.3, 0.4) is 0 Å². The predicted octanol–water partition coefficient (Wildman–Crippen LogP) is 18.9. The molecular weight excluding hydrogens is 805 g/mol. The number of rotatable bonds is 52. The Morgan fingerprint density at radius 1 is 0.308 bits per heavy atom. The standard InChI is InChI=1S/C59H108O6/c1-4-7-10-13-16-19-22-24-26-28-30-32-33-35-37-40-43-46-49-52-58(61)64-55-56(54-63-57(60)51-48-45-42-39-21-18-15-12-9-6-3)65-59(62)53-50-47-44-41-38-36-34-31-29-27-25-23-20-17-14-11-8-5-2/h16,19,24,26,30,32,56H,4-15,17-18,20-23,25,27-29,31,33-55H2,1-3H3/b19-16-,26-24-,32-30-. The van der Waals surface area contributed by atoms with Gasteiger partial charge in [0.25, 0.3) is 0 Å². The van der Waals surface area contributed by atoms with Crippen LogP contribution in [-0.4, -0.2) is 37.2 Å². The first-order chi connectivity index (χ1) is 32.0. The third-order valence-electron chi connectivity index (χ3n) is 12.6. The first-order valence-electron chi connectivity index (χ1n) is 28.5. The van der Waals surface area contributed by atoms with Gasteiger partial charge in [-0.05, 0) is 57.8 Å². The largest absolute Gasteiger partial charge is 0.462 e. The molecule has 0 heterocycles. The maximum absolute atomic E-state index is 12.8. The lowest BCUT2D eigenvalue weighted by molar-refractivity contribution is -0.167. The molecule has 0 saturated heterocycles. The summed E-state index contributed by atoms with van der Waals surface area (Å²) >= 11 is 0. The molecule has 6 nitrogen and oxygen atoms in total. The van der Waals surface area contributed by atoms with Gasteiger partial charge in [-0.3, -0.25) is 14.4 Å². The van der Waals surface area contributed by atoms with Crippen molar-refractivity contribution in [1.82, 2.24) is 0 Å². The van der Waals surface area contributed by atoms with Gasteiger partial charge in [-0.1, -0.05) is 263 Å². The summed E-state index contributed by atoms with van der Waals surface area (Å²) in [7, 11) is 0. The highest BCUT2D eigenvalue weighted by molar-refractivity contribution is 5.71. The van der Waals surface area contributed by atoms with Crippen molar-refractivity contribution in [2.75, 3.05) is 13.2 Å². The molecule has 0 N–H and O–H groups in total. The fourth-order valence-corrected chi connectivity index (χ4v) is 8.33. The average molecular weight is 914 g/mol. The van der Waals surface area contributed by atoms with E-state index in [-0.39, 0.29) is 31.1 Å². The van der Waals surface area contributed by atoms with E-state index < -0.39 is 6.10 Å². The Kier molecular flexibility index (Phi) is 52.3. The van der Waals surface area contributed by atoms with E-state index in [4.69, 9.17) is 14.2 Å². The van der Waals surface area contributed by atoms with E-state index in [1.807, 2.05) is 0 Å². The third kappa shape index (κ3) is 52.5. The minimum absolute atomic E-state index is 0.0719. The van der Waals surface area contributed by atoms with Crippen molar-refractivity contribution in [2.45, 2.75) is 309 Å². The first kappa shape index (κ1) is 62.6. The number of esters is 3. The third-order valence-corrected chi connectivity index (χ3v) is 12.6. The van der Waals surface area contributed by atoms with Gasteiger partial charge in [0.1, 0.15) is 13.2 Å². The van der Waals surface area contributed by atoms with E-state index >= 15 is 0 Å². The summed E-state index contributed by atoms with van der Waals surface area (Å²) in [5.41, 5.74) is 0. The molecule has 380 valence electrons. The van der Waals surface area contributed by atoms with Crippen molar-refractivity contribution in [3.63, 3.8) is 0 Å². The fraction of sp³-hybridized carbons (Fsp3) is 0.847. The summed E-state index contributed by atoms with van der Waals surface area (Å²) in [4.78, 5) is 38.1. The van der Waals surface area contributed by atoms with E-state index in [0.717, 1.165) is 77.0 Å². The van der Waals surface area contributed by atoms with Crippen molar-refractivity contribution < 1.29 is 28.6 Å². The van der Waals surface area contributed by atoms with Crippen LogP contribution < -0.4 is 0 Å². The van der Waals surface area contributed by atoms with Gasteiger partial charge in [-0.25, -0.2) is 0 Å². The molecule has 65 heavy (non-hydrogen) atoms. The van der Waals surface area contributed by atoms with Gasteiger partial charge in [-0.15, -0.1) is 0 Å². The highest BCUT2D eigenvalue weighted by Gasteiger charge is 2.19. The summed E-state index contributed by atoms with van der Waals surface area (Å²) in [5.74, 6) is -0.869. The Labute approximate surface area is 404 Å². The Balaban J connectivity index is 4.30. The zero-order valence-electron chi connectivity index (χ0n) is 43.5. The van der Waals surface area contributed by atoms with E-state index in [2.05, 4.69) is 57.2 Å². The molecule has 0 spiro atoms. The van der Waals surface area contributed by atoms with Crippen LogP contribution in [-0.2, 0) is 28.6 Å². The molecule has 1 unspecified atom stereocenters. The zero-order valence-corrected chi connectivity index (χ0v) is 43.5. The lowest BCUT2D eigenvalue weighted by Crippen LogP contribution is -2.30. The molecule has 0 fully saturated rings. The molecule has 0 bridgehead atoms. The second-order valence-corrected chi connectivity index (χ2v) is 19.2. The Morgan fingerprint density at radius 2 is 0.554 bits per heavy atom.